The summed E-state index contributed by atoms with van der Waals surface area (Å²) in [5, 5.41) is 0. The van der Waals surface area contributed by atoms with Gasteiger partial charge in [0.25, 0.3) is 10.1 Å². The van der Waals surface area contributed by atoms with Gasteiger partial charge in [-0.3, -0.25) is 8.75 Å². The maximum Gasteiger partial charge on any atom is 0.350 e. The molecule has 0 aliphatic carbocycles. The standard InChI is InChI=1S/C8H19O6PS/c1-5-12-15(9,13-6-2)8(4)16(10,11)14-7-3/h8H,5-7H2,1-4H3. The lowest BCUT2D eigenvalue weighted by atomic mass is 10.9. The van der Waals surface area contributed by atoms with Crippen molar-refractivity contribution in [1.82, 2.24) is 0 Å². The van der Waals surface area contributed by atoms with Crippen LogP contribution < -0.4 is 0 Å². The second-order valence-corrected chi connectivity index (χ2v) is 7.52. The molecule has 0 saturated carbocycles. The van der Waals surface area contributed by atoms with Gasteiger partial charge in [0, 0.05) is 0 Å². The largest absolute Gasteiger partial charge is 0.350 e. The molecule has 0 saturated heterocycles. The van der Waals surface area contributed by atoms with Gasteiger partial charge in [0.15, 0.2) is 4.99 Å². The van der Waals surface area contributed by atoms with Crippen molar-refractivity contribution in [1.29, 1.82) is 0 Å². The third kappa shape index (κ3) is 4.14. The van der Waals surface area contributed by atoms with Crippen LogP contribution in [-0.2, 0) is 27.9 Å². The molecule has 0 aliphatic rings. The predicted molar refractivity (Wildman–Crippen MR) is 60.9 cm³/mol. The Balaban J connectivity index is 5.01. The van der Waals surface area contributed by atoms with Gasteiger partial charge >= 0.3 is 7.60 Å². The Hall–Kier alpha value is 0.0600. The average Bonchev–Trinajstić information content (AvgIpc) is 2.17. The Kier molecular flexibility index (Phi) is 6.74. The van der Waals surface area contributed by atoms with Crippen molar-refractivity contribution in [2.45, 2.75) is 32.7 Å². The highest BCUT2D eigenvalue weighted by molar-refractivity contribution is 7.94. The Bertz CT molecular complexity index is 328. The Labute approximate surface area is 96.9 Å². The molecule has 16 heavy (non-hydrogen) atoms. The van der Waals surface area contributed by atoms with Gasteiger partial charge in [-0.15, -0.1) is 0 Å². The van der Waals surface area contributed by atoms with Crippen LogP contribution in [0.3, 0.4) is 0 Å². The van der Waals surface area contributed by atoms with E-state index in [-0.39, 0.29) is 19.8 Å². The Morgan fingerprint density at radius 2 is 1.50 bits per heavy atom. The first-order valence-electron chi connectivity index (χ1n) is 5.11. The lowest BCUT2D eigenvalue weighted by molar-refractivity contribution is 0.216. The van der Waals surface area contributed by atoms with Crippen LogP contribution in [-0.4, -0.2) is 33.2 Å². The van der Waals surface area contributed by atoms with Gasteiger partial charge in [0.1, 0.15) is 0 Å². The third-order valence-corrected chi connectivity index (χ3v) is 6.84. The summed E-state index contributed by atoms with van der Waals surface area (Å²) in [5.74, 6) is 0. The Morgan fingerprint density at radius 1 is 1.06 bits per heavy atom. The van der Waals surface area contributed by atoms with Crippen molar-refractivity contribution >= 4 is 17.7 Å². The monoisotopic (exact) mass is 274 g/mol. The van der Waals surface area contributed by atoms with E-state index in [0.29, 0.717) is 0 Å². The smallest absolute Gasteiger partial charge is 0.308 e. The van der Waals surface area contributed by atoms with Gasteiger partial charge in [0.05, 0.1) is 19.8 Å². The molecule has 98 valence electrons. The first kappa shape index (κ1) is 16.1. The van der Waals surface area contributed by atoms with Gasteiger partial charge in [-0.2, -0.15) is 8.42 Å². The SMILES string of the molecule is CCOP(=O)(OCC)C(C)S(=O)(=O)OCC. The van der Waals surface area contributed by atoms with Gasteiger partial charge in [0.2, 0.25) is 0 Å². The van der Waals surface area contributed by atoms with E-state index in [4.69, 9.17) is 9.05 Å². The van der Waals surface area contributed by atoms with Crippen molar-refractivity contribution in [2.24, 2.45) is 0 Å². The molecular weight excluding hydrogens is 255 g/mol. The molecule has 0 fully saturated rings. The van der Waals surface area contributed by atoms with E-state index in [9.17, 15) is 13.0 Å². The van der Waals surface area contributed by atoms with E-state index < -0.39 is 22.7 Å². The fourth-order valence-electron chi connectivity index (χ4n) is 1.03. The molecule has 0 rings (SSSR count). The Morgan fingerprint density at radius 3 is 1.81 bits per heavy atom. The molecular formula is C8H19O6PS. The van der Waals surface area contributed by atoms with E-state index in [1.165, 1.54) is 13.8 Å². The molecule has 0 radical (unpaired) electrons. The van der Waals surface area contributed by atoms with Gasteiger partial charge in [-0.05, 0) is 27.7 Å². The van der Waals surface area contributed by atoms with Crippen LogP contribution in [0, 0.1) is 0 Å². The minimum atomic E-state index is -3.93. The molecule has 1 atom stereocenters. The van der Waals surface area contributed by atoms with Crippen LogP contribution in [0.1, 0.15) is 27.7 Å². The van der Waals surface area contributed by atoms with Crippen molar-refractivity contribution < 1.29 is 26.2 Å². The highest BCUT2D eigenvalue weighted by atomic mass is 32.2. The minimum absolute atomic E-state index is 0.00900. The van der Waals surface area contributed by atoms with Crippen molar-refractivity contribution in [3.63, 3.8) is 0 Å². The topological polar surface area (TPSA) is 78.9 Å². The van der Waals surface area contributed by atoms with E-state index in [0.717, 1.165) is 0 Å². The summed E-state index contributed by atoms with van der Waals surface area (Å²) in [5.41, 5.74) is 0. The molecule has 8 heteroatoms. The number of hydrogen-bond donors (Lipinski definition) is 0. The number of hydrogen-bond acceptors (Lipinski definition) is 6. The van der Waals surface area contributed by atoms with Crippen molar-refractivity contribution in [3.8, 4) is 0 Å². The quantitative estimate of drug-likeness (QED) is 0.497. The van der Waals surface area contributed by atoms with Gasteiger partial charge in [-0.25, -0.2) is 0 Å². The van der Waals surface area contributed by atoms with E-state index in [2.05, 4.69) is 4.18 Å². The zero-order valence-electron chi connectivity index (χ0n) is 10.0. The lowest BCUT2D eigenvalue weighted by Crippen LogP contribution is -2.23. The summed E-state index contributed by atoms with van der Waals surface area (Å²) >= 11 is 0. The molecule has 0 aromatic carbocycles. The second-order valence-electron chi connectivity index (χ2n) is 2.87. The highest BCUT2D eigenvalue weighted by Gasteiger charge is 2.42. The van der Waals surface area contributed by atoms with E-state index >= 15 is 0 Å². The molecule has 0 heterocycles. The fraction of sp³-hybridized carbons (Fsp3) is 1.00. The van der Waals surface area contributed by atoms with Crippen molar-refractivity contribution in [2.75, 3.05) is 19.8 Å². The molecule has 0 aromatic rings. The van der Waals surface area contributed by atoms with Crippen LogP contribution in [0.2, 0.25) is 0 Å². The zero-order chi connectivity index (χ0) is 12.8. The second kappa shape index (κ2) is 6.71. The molecule has 6 nitrogen and oxygen atoms in total. The maximum atomic E-state index is 12.1. The summed E-state index contributed by atoms with van der Waals surface area (Å²) in [4.78, 5) is -1.32. The number of rotatable bonds is 8. The minimum Gasteiger partial charge on any atom is -0.308 e. The average molecular weight is 274 g/mol. The summed E-state index contributed by atoms with van der Waals surface area (Å²) in [6, 6.07) is 0. The molecule has 0 amide bonds. The van der Waals surface area contributed by atoms with Gasteiger partial charge < -0.3 is 9.05 Å². The molecule has 0 aliphatic heterocycles. The van der Waals surface area contributed by atoms with E-state index in [1.54, 1.807) is 13.8 Å². The van der Waals surface area contributed by atoms with Crippen LogP contribution in [0.4, 0.5) is 0 Å². The normalized spacial score (nSPS) is 15.0. The van der Waals surface area contributed by atoms with Crippen LogP contribution >= 0.6 is 7.60 Å². The highest BCUT2D eigenvalue weighted by Crippen LogP contribution is 2.54. The predicted octanol–water partition coefficient (Wildman–Crippen LogP) is 1.96. The van der Waals surface area contributed by atoms with Crippen molar-refractivity contribution in [3.05, 3.63) is 0 Å². The van der Waals surface area contributed by atoms with Crippen LogP contribution in [0.25, 0.3) is 0 Å². The zero-order valence-corrected chi connectivity index (χ0v) is 11.7. The molecule has 0 spiro atoms. The first-order valence-corrected chi connectivity index (χ1v) is 8.19. The summed E-state index contributed by atoms with van der Waals surface area (Å²) in [6.07, 6.45) is 0. The maximum absolute atomic E-state index is 12.1. The third-order valence-electron chi connectivity index (χ3n) is 1.76. The molecule has 0 N–H and O–H groups in total. The van der Waals surface area contributed by atoms with Crippen LogP contribution in [0.15, 0.2) is 0 Å². The van der Waals surface area contributed by atoms with E-state index in [1.807, 2.05) is 0 Å². The lowest BCUT2D eigenvalue weighted by Gasteiger charge is -2.22. The molecule has 0 aromatic heterocycles. The molecule has 1 unspecified atom stereocenters. The van der Waals surface area contributed by atoms with Crippen LogP contribution in [0.5, 0.6) is 0 Å². The fourth-order valence-corrected chi connectivity index (χ4v) is 4.58. The first-order chi connectivity index (χ1) is 7.34. The summed E-state index contributed by atoms with van der Waals surface area (Å²) in [6.45, 7) is 6.25. The summed E-state index contributed by atoms with van der Waals surface area (Å²) < 4.78 is 49.7. The van der Waals surface area contributed by atoms with Gasteiger partial charge in [-0.1, -0.05) is 0 Å². The molecule has 0 bridgehead atoms. The summed E-state index contributed by atoms with van der Waals surface area (Å²) in [7, 11) is -7.60.